The van der Waals surface area contributed by atoms with E-state index in [1.54, 1.807) is 6.92 Å². The number of halogens is 2. The van der Waals surface area contributed by atoms with E-state index in [0.29, 0.717) is 0 Å². The number of benzene rings is 1. The van der Waals surface area contributed by atoms with Gasteiger partial charge in [0.05, 0.1) is 12.2 Å². The summed E-state index contributed by atoms with van der Waals surface area (Å²) in [7, 11) is 0. The van der Waals surface area contributed by atoms with Crippen molar-refractivity contribution in [2.45, 2.75) is 13.3 Å². The van der Waals surface area contributed by atoms with Crippen LogP contribution in [0, 0.1) is 23.5 Å². The van der Waals surface area contributed by atoms with Crippen LogP contribution in [-0.4, -0.2) is 17.7 Å². The van der Waals surface area contributed by atoms with Gasteiger partial charge in [-0.1, -0.05) is 11.8 Å². The third-order valence-electron chi connectivity index (χ3n) is 1.82. The van der Waals surface area contributed by atoms with Crippen LogP contribution in [0.15, 0.2) is 12.1 Å². The summed E-state index contributed by atoms with van der Waals surface area (Å²) in [5.74, 6) is 0.758. The van der Waals surface area contributed by atoms with Crippen molar-refractivity contribution >= 4 is 5.97 Å². The fourth-order valence-corrected chi connectivity index (χ4v) is 1.06. The predicted molar refractivity (Wildman–Crippen MR) is 56.2 cm³/mol. The third-order valence-corrected chi connectivity index (χ3v) is 1.82. The Kier molecular flexibility index (Phi) is 4.46. The van der Waals surface area contributed by atoms with E-state index in [1.165, 1.54) is 0 Å². The molecule has 1 aromatic rings. The van der Waals surface area contributed by atoms with Crippen LogP contribution in [0.5, 0.6) is 5.75 Å². The third kappa shape index (κ3) is 3.45. The monoisotopic (exact) mass is 240 g/mol. The van der Waals surface area contributed by atoms with Gasteiger partial charge in [0.1, 0.15) is 6.42 Å². The minimum absolute atomic E-state index is 0.199. The van der Waals surface area contributed by atoms with E-state index in [1.807, 2.05) is 0 Å². The van der Waals surface area contributed by atoms with E-state index in [0.717, 1.165) is 12.1 Å². The molecule has 0 atom stereocenters. The Labute approximate surface area is 97.0 Å². The van der Waals surface area contributed by atoms with Crippen molar-refractivity contribution in [3.63, 3.8) is 0 Å². The lowest BCUT2D eigenvalue weighted by Crippen LogP contribution is -2.01. The van der Waals surface area contributed by atoms with Gasteiger partial charge < -0.3 is 9.84 Å². The first-order valence-corrected chi connectivity index (χ1v) is 4.87. The van der Waals surface area contributed by atoms with Crippen LogP contribution >= 0.6 is 0 Å². The summed E-state index contributed by atoms with van der Waals surface area (Å²) in [5.41, 5.74) is -0.218. The van der Waals surface area contributed by atoms with E-state index in [-0.39, 0.29) is 18.6 Å². The molecule has 3 nitrogen and oxygen atoms in total. The van der Waals surface area contributed by atoms with Crippen molar-refractivity contribution in [3.8, 4) is 17.6 Å². The van der Waals surface area contributed by atoms with Crippen LogP contribution in [0.2, 0.25) is 0 Å². The van der Waals surface area contributed by atoms with E-state index in [4.69, 9.17) is 5.11 Å². The normalized spacial score (nSPS) is 9.35. The fraction of sp³-hybridized carbons (Fsp3) is 0.250. The highest BCUT2D eigenvalue weighted by molar-refractivity contribution is 5.72. The molecule has 0 radical (unpaired) electrons. The summed E-state index contributed by atoms with van der Waals surface area (Å²) in [6.45, 7) is 1.89. The molecule has 0 aliphatic carbocycles. The Hall–Kier alpha value is -2.09. The van der Waals surface area contributed by atoms with Crippen LogP contribution in [0.25, 0.3) is 0 Å². The van der Waals surface area contributed by atoms with Crippen LogP contribution in [-0.2, 0) is 9.53 Å². The van der Waals surface area contributed by atoms with E-state index in [9.17, 15) is 13.6 Å². The highest BCUT2D eigenvalue weighted by Gasteiger charge is 2.10. The Morgan fingerprint density at radius 3 is 2.76 bits per heavy atom. The predicted octanol–water partition coefficient (Wildman–Crippen LogP) is 1.98. The number of carbonyl (C=O) groups excluding carboxylic acids is 1. The molecule has 0 amide bonds. The van der Waals surface area contributed by atoms with Gasteiger partial charge in [0.25, 0.3) is 0 Å². The van der Waals surface area contributed by atoms with Gasteiger partial charge in [0.2, 0.25) is 5.82 Å². The van der Waals surface area contributed by atoms with Gasteiger partial charge in [-0.15, -0.1) is 0 Å². The first kappa shape index (κ1) is 13.0. The number of hydrogen-bond acceptors (Lipinski definition) is 3. The zero-order valence-electron chi connectivity index (χ0n) is 9.09. The van der Waals surface area contributed by atoms with Crippen molar-refractivity contribution in [2.75, 3.05) is 6.61 Å². The molecule has 1 N–H and O–H groups in total. The molecule has 0 aliphatic heterocycles. The fourth-order valence-electron chi connectivity index (χ4n) is 1.06. The van der Waals surface area contributed by atoms with Crippen molar-refractivity contribution in [3.05, 3.63) is 29.3 Å². The quantitative estimate of drug-likeness (QED) is 0.635. The maximum Gasteiger partial charge on any atom is 0.317 e. The van der Waals surface area contributed by atoms with Gasteiger partial charge in [0.15, 0.2) is 11.6 Å². The topological polar surface area (TPSA) is 46.5 Å². The molecule has 1 aromatic carbocycles. The molecule has 90 valence electrons. The molecule has 0 heterocycles. The lowest BCUT2D eigenvalue weighted by atomic mass is 10.2. The van der Waals surface area contributed by atoms with E-state index in [2.05, 4.69) is 16.6 Å². The first-order valence-electron chi connectivity index (χ1n) is 4.87. The number of carbonyl (C=O) groups is 1. The van der Waals surface area contributed by atoms with Crippen molar-refractivity contribution < 1.29 is 23.4 Å². The minimum atomic E-state index is -1.35. The molecule has 0 fully saturated rings. The number of aromatic hydroxyl groups is 1. The number of rotatable bonds is 2. The second-order valence-electron chi connectivity index (χ2n) is 3.04. The second-order valence-corrected chi connectivity index (χ2v) is 3.04. The number of esters is 1. The SMILES string of the molecule is CCOC(=O)CC#Cc1ccc(O)c(F)c1F. The van der Waals surface area contributed by atoms with Crippen LogP contribution in [0.3, 0.4) is 0 Å². The van der Waals surface area contributed by atoms with Crippen LogP contribution in [0.4, 0.5) is 8.78 Å². The minimum Gasteiger partial charge on any atom is -0.505 e. The first-order chi connectivity index (χ1) is 8.06. The van der Waals surface area contributed by atoms with E-state index >= 15 is 0 Å². The number of ether oxygens (including phenoxy) is 1. The van der Waals surface area contributed by atoms with Crippen molar-refractivity contribution in [2.24, 2.45) is 0 Å². The molecule has 0 unspecified atom stereocenters. The molecule has 0 bridgehead atoms. The zero-order valence-corrected chi connectivity index (χ0v) is 9.09. The molecule has 0 saturated carbocycles. The Bertz CT molecular complexity index is 487. The lowest BCUT2D eigenvalue weighted by molar-refractivity contribution is -0.141. The van der Waals surface area contributed by atoms with Gasteiger partial charge in [-0.2, -0.15) is 4.39 Å². The Balaban J connectivity index is 2.79. The number of phenols is 1. The maximum absolute atomic E-state index is 13.2. The summed E-state index contributed by atoms with van der Waals surface area (Å²) in [6.07, 6.45) is -0.199. The largest absolute Gasteiger partial charge is 0.505 e. The van der Waals surface area contributed by atoms with Gasteiger partial charge in [-0.05, 0) is 19.1 Å². The summed E-state index contributed by atoms with van der Waals surface area (Å²) >= 11 is 0. The summed E-state index contributed by atoms with van der Waals surface area (Å²) in [5, 5.41) is 8.87. The van der Waals surface area contributed by atoms with Crippen LogP contribution in [0.1, 0.15) is 18.9 Å². The summed E-state index contributed by atoms with van der Waals surface area (Å²) < 4.78 is 30.7. The van der Waals surface area contributed by atoms with E-state index < -0.39 is 23.4 Å². The molecule has 0 saturated heterocycles. The Morgan fingerprint density at radius 1 is 1.41 bits per heavy atom. The Morgan fingerprint density at radius 2 is 2.12 bits per heavy atom. The average molecular weight is 240 g/mol. The molecular formula is C12H10F2O3. The second kappa shape index (κ2) is 5.85. The van der Waals surface area contributed by atoms with Gasteiger partial charge in [-0.3, -0.25) is 4.79 Å². The smallest absolute Gasteiger partial charge is 0.317 e. The summed E-state index contributed by atoms with van der Waals surface area (Å²) in [4.78, 5) is 10.9. The number of phenolic OH excluding ortho intramolecular Hbond substituents is 1. The van der Waals surface area contributed by atoms with Gasteiger partial charge >= 0.3 is 5.97 Å². The molecular weight excluding hydrogens is 230 g/mol. The molecule has 17 heavy (non-hydrogen) atoms. The molecule has 0 aliphatic rings. The van der Waals surface area contributed by atoms with Crippen LogP contribution < -0.4 is 0 Å². The summed E-state index contributed by atoms with van der Waals surface area (Å²) in [6, 6.07) is 2.12. The maximum atomic E-state index is 13.2. The number of hydrogen-bond donors (Lipinski definition) is 1. The molecule has 0 aromatic heterocycles. The van der Waals surface area contributed by atoms with Crippen molar-refractivity contribution in [1.82, 2.24) is 0 Å². The standard InChI is InChI=1S/C12H10F2O3/c1-2-17-10(16)5-3-4-8-6-7-9(15)12(14)11(8)13/h6-7,15H,2,5H2,1H3. The van der Waals surface area contributed by atoms with Gasteiger partial charge in [0, 0.05) is 0 Å². The average Bonchev–Trinajstić information content (AvgIpc) is 2.29. The van der Waals surface area contributed by atoms with Gasteiger partial charge in [-0.25, -0.2) is 4.39 Å². The molecule has 1 rings (SSSR count). The highest BCUT2D eigenvalue weighted by atomic mass is 19.2. The van der Waals surface area contributed by atoms with Crippen molar-refractivity contribution in [1.29, 1.82) is 0 Å². The molecule has 5 heteroatoms. The zero-order chi connectivity index (χ0) is 12.8. The highest BCUT2D eigenvalue weighted by Crippen LogP contribution is 2.20. The lowest BCUT2D eigenvalue weighted by Gasteiger charge is -1.98. The molecule has 0 spiro atoms.